The Balaban J connectivity index is 2.88. The summed E-state index contributed by atoms with van der Waals surface area (Å²) in [6, 6.07) is 0. The van der Waals surface area contributed by atoms with Crippen LogP contribution in [0.3, 0.4) is 0 Å². The third kappa shape index (κ3) is 1.19. The van der Waals surface area contributed by atoms with E-state index in [4.69, 9.17) is 11.6 Å². The number of allylic oxidation sites excluding steroid dienone is 4. The van der Waals surface area contributed by atoms with Gasteiger partial charge in [-0.3, -0.25) is 0 Å². The summed E-state index contributed by atoms with van der Waals surface area (Å²) in [5, 5.41) is 9.08. The number of halogens is 1. The molecule has 2 heteroatoms. The first-order chi connectivity index (χ1) is 4.63. The van der Waals surface area contributed by atoms with E-state index < -0.39 is 0 Å². The Morgan fingerprint density at radius 1 is 1.60 bits per heavy atom. The quantitative estimate of drug-likeness (QED) is 0.538. The van der Waals surface area contributed by atoms with Crippen LogP contribution in [0.15, 0.2) is 23.5 Å². The first-order valence-corrected chi connectivity index (χ1v) is 3.78. The number of alkyl halides is 1. The van der Waals surface area contributed by atoms with Gasteiger partial charge in [-0.2, -0.15) is 0 Å². The van der Waals surface area contributed by atoms with E-state index in [-0.39, 0.29) is 11.3 Å². The largest absolute Gasteiger partial charge is 0.510 e. The van der Waals surface area contributed by atoms with Gasteiger partial charge in [-0.05, 0) is 18.4 Å². The van der Waals surface area contributed by atoms with Crippen molar-refractivity contribution in [3.8, 4) is 0 Å². The lowest BCUT2D eigenvalue weighted by Gasteiger charge is -2.19. The topological polar surface area (TPSA) is 20.2 Å². The molecule has 0 aromatic heterocycles. The van der Waals surface area contributed by atoms with Gasteiger partial charge >= 0.3 is 0 Å². The summed E-state index contributed by atoms with van der Waals surface area (Å²) in [6.07, 6.45) is 3.91. The SMILES string of the molecule is CC1=C(O)C(Cl)C(C)C=C1. The highest BCUT2D eigenvalue weighted by Crippen LogP contribution is 2.26. The number of hydrogen-bond acceptors (Lipinski definition) is 1. The van der Waals surface area contributed by atoms with Gasteiger partial charge in [-0.15, -0.1) is 11.6 Å². The molecule has 0 aliphatic heterocycles. The predicted octanol–water partition coefficient (Wildman–Crippen LogP) is 2.63. The Kier molecular flexibility index (Phi) is 2.05. The van der Waals surface area contributed by atoms with Crippen LogP contribution in [0.2, 0.25) is 0 Å². The fourth-order valence-corrected chi connectivity index (χ4v) is 1.20. The average molecular weight is 159 g/mol. The lowest BCUT2D eigenvalue weighted by atomic mass is 9.97. The first-order valence-electron chi connectivity index (χ1n) is 3.35. The van der Waals surface area contributed by atoms with Crippen LogP contribution in [0.25, 0.3) is 0 Å². The second-order valence-electron chi connectivity index (χ2n) is 2.69. The molecule has 2 unspecified atom stereocenters. The summed E-state index contributed by atoms with van der Waals surface area (Å²) in [5.41, 5.74) is 0.873. The standard InChI is InChI=1S/C8H11ClO/c1-5-3-4-6(2)8(10)7(5)9/h3-5,7,10H,1-2H3. The highest BCUT2D eigenvalue weighted by Gasteiger charge is 2.20. The minimum Gasteiger partial charge on any atom is -0.510 e. The minimum atomic E-state index is -0.231. The lowest BCUT2D eigenvalue weighted by molar-refractivity contribution is 0.367. The summed E-state index contributed by atoms with van der Waals surface area (Å²) in [5.74, 6) is 0.557. The van der Waals surface area contributed by atoms with Gasteiger partial charge in [-0.25, -0.2) is 0 Å². The molecule has 0 heterocycles. The zero-order valence-electron chi connectivity index (χ0n) is 6.13. The van der Waals surface area contributed by atoms with E-state index in [2.05, 4.69) is 0 Å². The van der Waals surface area contributed by atoms with Crippen molar-refractivity contribution in [3.63, 3.8) is 0 Å². The predicted molar refractivity (Wildman–Crippen MR) is 43.3 cm³/mol. The van der Waals surface area contributed by atoms with Crippen molar-refractivity contribution in [1.29, 1.82) is 0 Å². The highest BCUT2D eigenvalue weighted by atomic mass is 35.5. The van der Waals surface area contributed by atoms with Gasteiger partial charge in [-0.1, -0.05) is 19.1 Å². The molecule has 0 saturated carbocycles. The van der Waals surface area contributed by atoms with Crippen molar-refractivity contribution in [1.82, 2.24) is 0 Å². The van der Waals surface area contributed by atoms with E-state index in [9.17, 15) is 5.11 Å². The molecular formula is C8H11ClO. The van der Waals surface area contributed by atoms with E-state index >= 15 is 0 Å². The Bertz CT molecular complexity index is 193. The van der Waals surface area contributed by atoms with Gasteiger partial charge in [0.15, 0.2) is 0 Å². The number of hydrogen-bond donors (Lipinski definition) is 1. The van der Waals surface area contributed by atoms with Crippen LogP contribution in [0.1, 0.15) is 13.8 Å². The van der Waals surface area contributed by atoms with Crippen LogP contribution in [-0.2, 0) is 0 Å². The summed E-state index contributed by atoms with van der Waals surface area (Å²) >= 11 is 5.85. The molecule has 1 aliphatic rings. The maximum Gasteiger partial charge on any atom is 0.114 e. The van der Waals surface area contributed by atoms with E-state index in [1.165, 1.54) is 0 Å². The number of rotatable bonds is 0. The molecule has 0 aromatic carbocycles. The van der Waals surface area contributed by atoms with Crippen molar-refractivity contribution in [2.45, 2.75) is 19.2 Å². The van der Waals surface area contributed by atoms with Gasteiger partial charge in [0.05, 0.1) is 5.38 Å². The van der Waals surface area contributed by atoms with Crippen molar-refractivity contribution in [3.05, 3.63) is 23.5 Å². The van der Waals surface area contributed by atoms with Gasteiger partial charge in [0, 0.05) is 0 Å². The molecule has 0 spiro atoms. The Hall–Kier alpha value is -0.430. The van der Waals surface area contributed by atoms with Crippen LogP contribution < -0.4 is 0 Å². The zero-order chi connectivity index (χ0) is 7.72. The van der Waals surface area contributed by atoms with Crippen molar-refractivity contribution in [2.24, 2.45) is 5.92 Å². The van der Waals surface area contributed by atoms with Crippen LogP contribution in [0.5, 0.6) is 0 Å². The second kappa shape index (κ2) is 2.67. The highest BCUT2D eigenvalue weighted by molar-refractivity contribution is 6.22. The van der Waals surface area contributed by atoms with Crippen molar-refractivity contribution >= 4 is 11.6 Å². The molecule has 0 saturated heterocycles. The molecule has 1 rings (SSSR count). The molecule has 0 radical (unpaired) electrons. The van der Waals surface area contributed by atoms with Crippen LogP contribution >= 0.6 is 11.6 Å². The van der Waals surface area contributed by atoms with Crippen LogP contribution in [-0.4, -0.2) is 10.5 Å². The monoisotopic (exact) mass is 158 g/mol. The minimum absolute atomic E-state index is 0.231. The first kappa shape index (κ1) is 7.67. The molecule has 0 bridgehead atoms. The summed E-state index contributed by atoms with van der Waals surface area (Å²) in [4.78, 5) is 0. The molecule has 1 aliphatic carbocycles. The number of aliphatic hydroxyl groups is 1. The van der Waals surface area contributed by atoms with Gasteiger partial charge in [0.25, 0.3) is 0 Å². The van der Waals surface area contributed by atoms with E-state index in [0.717, 1.165) is 5.57 Å². The maximum atomic E-state index is 9.31. The molecule has 10 heavy (non-hydrogen) atoms. The molecule has 1 N–H and O–H groups in total. The Morgan fingerprint density at radius 2 is 2.20 bits per heavy atom. The van der Waals surface area contributed by atoms with Crippen molar-refractivity contribution in [2.75, 3.05) is 0 Å². The normalized spacial score (nSPS) is 33.1. The van der Waals surface area contributed by atoms with Crippen LogP contribution in [0, 0.1) is 5.92 Å². The second-order valence-corrected chi connectivity index (χ2v) is 3.16. The van der Waals surface area contributed by atoms with E-state index in [1.54, 1.807) is 0 Å². The van der Waals surface area contributed by atoms with Crippen LogP contribution in [0.4, 0.5) is 0 Å². The van der Waals surface area contributed by atoms with Gasteiger partial charge in [0.1, 0.15) is 5.76 Å². The van der Waals surface area contributed by atoms with Gasteiger partial charge in [0.2, 0.25) is 0 Å². The Morgan fingerprint density at radius 3 is 2.70 bits per heavy atom. The third-order valence-corrected chi connectivity index (χ3v) is 2.38. The molecule has 0 aromatic rings. The summed E-state index contributed by atoms with van der Waals surface area (Å²) in [7, 11) is 0. The summed E-state index contributed by atoms with van der Waals surface area (Å²) in [6.45, 7) is 3.84. The molecule has 0 fully saturated rings. The summed E-state index contributed by atoms with van der Waals surface area (Å²) < 4.78 is 0. The van der Waals surface area contributed by atoms with Crippen molar-refractivity contribution < 1.29 is 5.11 Å². The molecule has 0 amide bonds. The zero-order valence-corrected chi connectivity index (χ0v) is 6.89. The average Bonchev–Trinajstić information content (AvgIpc) is 1.93. The Labute approximate surface area is 66.0 Å². The van der Waals surface area contributed by atoms with Gasteiger partial charge < -0.3 is 5.11 Å². The maximum absolute atomic E-state index is 9.31. The van der Waals surface area contributed by atoms with E-state index in [0.29, 0.717) is 5.76 Å². The fraction of sp³-hybridized carbons (Fsp3) is 0.500. The molecule has 2 atom stereocenters. The van der Waals surface area contributed by atoms with E-state index in [1.807, 2.05) is 26.0 Å². The smallest absolute Gasteiger partial charge is 0.114 e. The molecule has 1 nitrogen and oxygen atoms in total. The molecular weight excluding hydrogens is 148 g/mol. The number of aliphatic hydroxyl groups excluding tert-OH is 1. The third-order valence-electron chi connectivity index (χ3n) is 1.78. The molecule has 56 valence electrons. The lowest BCUT2D eigenvalue weighted by Crippen LogP contribution is -2.16. The fourth-order valence-electron chi connectivity index (χ4n) is 0.946.